The lowest BCUT2D eigenvalue weighted by atomic mass is 10.1. The second-order valence-corrected chi connectivity index (χ2v) is 7.43. The Hall–Kier alpha value is -2.55. The summed E-state index contributed by atoms with van der Waals surface area (Å²) in [4.78, 5) is 24.3. The summed E-state index contributed by atoms with van der Waals surface area (Å²) in [6.45, 7) is 13.9. The lowest BCUT2D eigenvalue weighted by Crippen LogP contribution is -2.46. The minimum absolute atomic E-state index is 0.128. The highest BCUT2D eigenvalue weighted by Gasteiger charge is 2.24. The standard InChI is InChI=1S/C20H29N3O3/c1-8-9-23-13(2)10-16(14(23)3)11-17(12-21)19(25)26-15(4)18(24)22-20(5,6)7/h10-11,15H,8-9H2,1-7H3,(H,22,24)/b17-11+. The number of carbonyl (C=O) groups excluding carboxylic acids is 2. The fraction of sp³-hybridized carbons (Fsp3) is 0.550. The van der Waals surface area contributed by atoms with Crippen molar-refractivity contribution in [3.63, 3.8) is 0 Å². The van der Waals surface area contributed by atoms with E-state index >= 15 is 0 Å². The van der Waals surface area contributed by atoms with Crippen molar-refractivity contribution >= 4 is 18.0 Å². The molecule has 142 valence electrons. The molecule has 0 aliphatic rings. The van der Waals surface area contributed by atoms with Crippen molar-refractivity contribution in [3.8, 4) is 6.07 Å². The Morgan fingerprint density at radius 1 is 1.38 bits per heavy atom. The molecule has 0 aliphatic carbocycles. The summed E-state index contributed by atoms with van der Waals surface area (Å²) in [5.41, 5.74) is 2.30. The third-order valence-electron chi connectivity index (χ3n) is 3.85. The van der Waals surface area contributed by atoms with Gasteiger partial charge in [0.15, 0.2) is 6.10 Å². The van der Waals surface area contributed by atoms with Gasteiger partial charge in [-0.15, -0.1) is 0 Å². The maximum atomic E-state index is 12.3. The molecular weight excluding hydrogens is 330 g/mol. The molecule has 6 heteroatoms. The third-order valence-corrected chi connectivity index (χ3v) is 3.85. The number of ether oxygens (including phenoxy) is 1. The largest absolute Gasteiger partial charge is 0.448 e. The zero-order valence-corrected chi connectivity index (χ0v) is 16.8. The average molecular weight is 359 g/mol. The molecule has 1 amide bonds. The van der Waals surface area contributed by atoms with Crippen molar-refractivity contribution in [1.82, 2.24) is 9.88 Å². The summed E-state index contributed by atoms with van der Waals surface area (Å²) >= 11 is 0. The summed E-state index contributed by atoms with van der Waals surface area (Å²) in [7, 11) is 0. The smallest absolute Gasteiger partial charge is 0.349 e. The fourth-order valence-electron chi connectivity index (χ4n) is 2.58. The maximum Gasteiger partial charge on any atom is 0.349 e. The summed E-state index contributed by atoms with van der Waals surface area (Å²) in [5, 5.41) is 12.1. The molecule has 1 aromatic rings. The summed E-state index contributed by atoms with van der Waals surface area (Å²) in [6, 6.07) is 3.81. The van der Waals surface area contributed by atoms with E-state index in [9.17, 15) is 14.9 Å². The molecule has 1 N–H and O–H groups in total. The number of aromatic nitrogens is 1. The zero-order chi connectivity index (χ0) is 20.1. The van der Waals surface area contributed by atoms with Crippen molar-refractivity contribution in [3.05, 3.63) is 28.6 Å². The number of nitriles is 1. The Kier molecular flexibility index (Phi) is 7.19. The molecule has 0 saturated heterocycles. The first-order chi connectivity index (χ1) is 12.0. The van der Waals surface area contributed by atoms with Gasteiger partial charge in [0.05, 0.1) is 0 Å². The molecule has 1 rings (SSSR count). The van der Waals surface area contributed by atoms with Crippen LogP contribution in [0.15, 0.2) is 11.6 Å². The number of hydrogen-bond acceptors (Lipinski definition) is 4. The van der Waals surface area contributed by atoms with E-state index in [2.05, 4.69) is 16.8 Å². The highest BCUT2D eigenvalue weighted by Crippen LogP contribution is 2.19. The van der Waals surface area contributed by atoms with E-state index in [-0.39, 0.29) is 5.57 Å². The Balaban J connectivity index is 2.97. The maximum absolute atomic E-state index is 12.3. The van der Waals surface area contributed by atoms with Crippen LogP contribution < -0.4 is 5.32 Å². The van der Waals surface area contributed by atoms with Gasteiger partial charge in [0.1, 0.15) is 11.6 Å². The number of aryl methyl sites for hydroxylation is 1. The Morgan fingerprint density at radius 2 is 2.00 bits per heavy atom. The molecule has 0 saturated carbocycles. The van der Waals surface area contributed by atoms with E-state index in [4.69, 9.17) is 4.74 Å². The number of nitrogens with one attached hydrogen (secondary N) is 1. The van der Waals surface area contributed by atoms with Crippen molar-refractivity contribution < 1.29 is 14.3 Å². The van der Waals surface area contributed by atoms with Gasteiger partial charge >= 0.3 is 5.97 Å². The molecule has 26 heavy (non-hydrogen) atoms. The molecule has 0 aromatic carbocycles. The Labute approximate surface area is 155 Å². The van der Waals surface area contributed by atoms with Crippen molar-refractivity contribution in [2.24, 2.45) is 0 Å². The number of amides is 1. The quantitative estimate of drug-likeness (QED) is 0.480. The molecule has 0 bridgehead atoms. The van der Waals surface area contributed by atoms with E-state index < -0.39 is 23.5 Å². The molecular formula is C20H29N3O3. The molecule has 1 unspecified atom stereocenters. The summed E-state index contributed by atoms with van der Waals surface area (Å²) in [6.07, 6.45) is 1.53. The van der Waals surface area contributed by atoms with E-state index in [1.54, 1.807) is 0 Å². The third kappa shape index (κ3) is 5.76. The van der Waals surface area contributed by atoms with Crippen LogP contribution in [-0.4, -0.2) is 28.1 Å². The van der Waals surface area contributed by atoms with Crippen molar-refractivity contribution in [1.29, 1.82) is 5.26 Å². The average Bonchev–Trinajstić information content (AvgIpc) is 2.78. The number of carbonyl (C=O) groups is 2. The van der Waals surface area contributed by atoms with Gasteiger partial charge in [-0.1, -0.05) is 6.92 Å². The van der Waals surface area contributed by atoms with Crippen LogP contribution in [0.3, 0.4) is 0 Å². The van der Waals surface area contributed by atoms with Gasteiger partial charge in [-0.2, -0.15) is 5.26 Å². The molecule has 6 nitrogen and oxygen atoms in total. The first-order valence-corrected chi connectivity index (χ1v) is 8.81. The topological polar surface area (TPSA) is 84.1 Å². The Morgan fingerprint density at radius 3 is 2.50 bits per heavy atom. The van der Waals surface area contributed by atoms with Crippen molar-refractivity contribution in [2.75, 3.05) is 0 Å². The van der Waals surface area contributed by atoms with Crippen LogP contribution in [0.2, 0.25) is 0 Å². The molecule has 1 heterocycles. The SMILES string of the molecule is CCCn1c(C)cc(/C=C(\C#N)C(=O)OC(C)C(=O)NC(C)(C)C)c1C. The number of esters is 1. The van der Waals surface area contributed by atoms with Gasteiger partial charge < -0.3 is 14.6 Å². The van der Waals surface area contributed by atoms with Crippen LogP contribution in [0.25, 0.3) is 6.08 Å². The summed E-state index contributed by atoms with van der Waals surface area (Å²) in [5.74, 6) is -1.20. The first kappa shape index (κ1) is 21.5. The highest BCUT2D eigenvalue weighted by atomic mass is 16.5. The fourth-order valence-corrected chi connectivity index (χ4v) is 2.58. The predicted molar refractivity (Wildman–Crippen MR) is 101 cm³/mol. The number of hydrogen-bond donors (Lipinski definition) is 1. The minimum Gasteiger partial charge on any atom is -0.448 e. The van der Waals surface area contributed by atoms with Gasteiger partial charge in [-0.25, -0.2) is 4.79 Å². The monoisotopic (exact) mass is 359 g/mol. The second-order valence-electron chi connectivity index (χ2n) is 7.43. The summed E-state index contributed by atoms with van der Waals surface area (Å²) < 4.78 is 7.30. The van der Waals surface area contributed by atoms with Crippen LogP contribution >= 0.6 is 0 Å². The van der Waals surface area contributed by atoms with Gasteiger partial charge in [0, 0.05) is 23.5 Å². The molecule has 0 aliphatic heterocycles. The predicted octanol–water partition coefficient (Wildman–Crippen LogP) is 3.27. The molecule has 0 spiro atoms. The van der Waals surface area contributed by atoms with E-state index in [0.717, 1.165) is 29.9 Å². The number of nitrogens with zero attached hydrogens (tertiary/aromatic N) is 2. The van der Waals surface area contributed by atoms with Crippen LogP contribution in [0.4, 0.5) is 0 Å². The number of rotatable bonds is 6. The normalized spacial score (nSPS) is 13.1. The van der Waals surface area contributed by atoms with Crippen LogP contribution in [0.1, 0.15) is 58.0 Å². The van der Waals surface area contributed by atoms with Crippen LogP contribution in [-0.2, 0) is 20.9 Å². The minimum atomic E-state index is -0.981. The lowest BCUT2D eigenvalue weighted by molar-refractivity contribution is -0.151. The van der Waals surface area contributed by atoms with Gasteiger partial charge in [0.25, 0.3) is 5.91 Å². The first-order valence-electron chi connectivity index (χ1n) is 8.81. The van der Waals surface area contributed by atoms with Crippen molar-refractivity contribution in [2.45, 2.75) is 73.1 Å². The van der Waals surface area contributed by atoms with Crippen LogP contribution in [0.5, 0.6) is 0 Å². The van der Waals surface area contributed by atoms with E-state index in [0.29, 0.717) is 0 Å². The van der Waals surface area contributed by atoms with Gasteiger partial charge in [-0.3, -0.25) is 4.79 Å². The highest BCUT2D eigenvalue weighted by molar-refractivity contribution is 5.99. The molecule has 1 aromatic heterocycles. The Bertz CT molecular complexity index is 746. The van der Waals surface area contributed by atoms with E-state index in [1.165, 1.54) is 13.0 Å². The molecule has 0 radical (unpaired) electrons. The molecule has 0 fully saturated rings. The second kappa shape index (κ2) is 8.70. The molecule has 1 atom stereocenters. The van der Waals surface area contributed by atoms with Gasteiger partial charge in [0.2, 0.25) is 0 Å². The van der Waals surface area contributed by atoms with Crippen LogP contribution in [0, 0.1) is 25.2 Å². The van der Waals surface area contributed by atoms with Gasteiger partial charge in [-0.05, 0) is 65.7 Å². The lowest BCUT2D eigenvalue weighted by Gasteiger charge is -2.23. The zero-order valence-electron chi connectivity index (χ0n) is 16.8. The van der Waals surface area contributed by atoms with E-state index in [1.807, 2.05) is 46.8 Å².